The quantitative estimate of drug-likeness (QED) is 0.783. The molecule has 3 rings (SSSR count). The minimum absolute atomic E-state index is 0.542. The number of thiazole rings is 1. The zero-order valence-corrected chi connectivity index (χ0v) is 12.0. The van der Waals surface area contributed by atoms with Crippen LogP contribution in [0.1, 0.15) is 25.3 Å². The Hall–Kier alpha value is -1.68. The number of aromatic nitrogens is 2. The number of hydrogen-bond donors (Lipinski definition) is 1. The Labute approximate surface area is 116 Å². The van der Waals surface area contributed by atoms with Gasteiger partial charge in [-0.05, 0) is 12.0 Å². The average Bonchev–Trinajstić information content (AvgIpc) is 2.83. The Morgan fingerprint density at radius 3 is 2.84 bits per heavy atom. The third kappa shape index (κ3) is 2.16. The summed E-state index contributed by atoms with van der Waals surface area (Å²) < 4.78 is 1.17. The van der Waals surface area contributed by atoms with E-state index in [0.717, 1.165) is 27.8 Å². The van der Waals surface area contributed by atoms with Crippen molar-refractivity contribution in [2.75, 3.05) is 5.73 Å². The zero-order chi connectivity index (χ0) is 13.4. The van der Waals surface area contributed by atoms with Crippen LogP contribution in [0, 0.1) is 5.92 Å². The minimum Gasteiger partial charge on any atom is -0.382 e. The van der Waals surface area contributed by atoms with Crippen LogP contribution < -0.4 is 5.73 Å². The number of para-hydroxylation sites is 1. The summed E-state index contributed by atoms with van der Waals surface area (Å²) in [6.45, 7) is 4.47. The van der Waals surface area contributed by atoms with Crippen LogP contribution in [0.4, 0.5) is 5.82 Å². The maximum Gasteiger partial charge on any atom is 0.151 e. The Balaban J connectivity index is 2.20. The summed E-state index contributed by atoms with van der Waals surface area (Å²) >= 11 is 1.75. The standard InChI is InChI=1S/C15H17N3S/c1-3-9(2)8-12-18-13-14(19-12)10-6-4-5-7-11(10)17-15(13)16/h4-7,9H,3,8H2,1-2H3,(H2,16,17). The van der Waals surface area contributed by atoms with Crippen molar-refractivity contribution in [2.24, 2.45) is 5.92 Å². The molecule has 0 aliphatic rings. The first kappa shape index (κ1) is 12.4. The van der Waals surface area contributed by atoms with Gasteiger partial charge in [-0.2, -0.15) is 0 Å². The third-order valence-corrected chi connectivity index (χ3v) is 4.63. The fraction of sp³-hybridized carbons (Fsp3) is 0.333. The van der Waals surface area contributed by atoms with Crippen LogP contribution in [-0.2, 0) is 6.42 Å². The number of fused-ring (bicyclic) bond motifs is 3. The molecule has 0 saturated carbocycles. The first-order chi connectivity index (χ1) is 9.19. The molecule has 98 valence electrons. The average molecular weight is 271 g/mol. The van der Waals surface area contributed by atoms with Crippen molar-refractivity contribution in [3.05, 3.63) is 29.3 Å². The van der Waals surface area contributed by atoms with Crippen LogP contribution in [0.3, 0.4) is 0 Å². The number of nitrogens with zero attached hydrogens (tertiary/aromatic N) is 2. The second-order valence-electron chi connectivity index (χ2n) is 5.02. The van der Waals surface area contributed by atoms with Crippen LogP contribution in [0.15, 0.2) is 24.3 Å². The fourth-order valence-electron chi connectivity index (χ4n) is 2.20. The van der Waals surface area contributed by atoms with Gasteiger partial charge in [0.1, 0.15) is 5.52 Å². The van der Waals surface area contributed by atoms with Crippen LogP contribution in [0.2, 0.25) is 0 Å². The predicted octanol–water partition coefficient (Wildman–Crippen LogP) is 4.02. The first-order valence-corrected chi connectivity index (χ1v) is 7.44. The molecule has 4 heteroatoms. The van der Waals surface area contributed by atoms with Gasteiger partial charge in [-0.1, -0.05) is 38.5 Å². The summed E-state index contributed by atoms with van der Waals surface area (Å²) in [6.07, 6.45) is 2.19. The molecule has 19 heavy (non-hydrogen) atoms. The van der Waals surface area contributed by atoms with Crippen LogP contribution in [0.5, 0.6) is 0 Å². The Morgan fingerprint density at radius 1 is 1.26 bits per heavy atom. The number of nitrogen functional groups attached to an aromatic ring is 1. The summed E-state index contributed by atoms with van der Waals surface area (Å²) in [5.74, 6) is 1.20. The van der Waals surface area contributed by atoms with E-state index in [1.807, 2.05) is 18.2 Å². The van der Waals surface area contributed by atoms with Crippen molar-refractivity contribution in [2.45, 2.75) is 26.7 Å². The van der Waals surface area contributed by atoms with Crippen LogP contribution in [0.25, 0.3) is 21.1 Å². The largest absolute Gasteiger partial charge is 0.382 e. The van der Waals surface area contributed by atoms with Crippen molar-refractivity contribution in [3.8, 4) is 0 Å². The van der Waals surface area contributed by atoms with Crippen molar-refractivity contribution < 1.29 is 0 Å². The predicted molar refractivity (Wildman–Crippen MR) is 82.5 cm³/mol. The zero-order valence-electron chi connectivity index (χ0n) is 11.2. The molecule has 0 saturated heterocycles. The summed E-state index contributed by atoms with van der Waals surface area (Å²) in [5, 5.41) is 2.31. The number of benzene rings is 1. The fourth-order valence-corrected chi connectivity index (χ4v) is 3.47. The highest BCUT2D eigenvalue weighted by Crippen LogP contribution is 2.33. The highest BCUT2D eigenvalue weighted by atomic mass is 32.1. The smallest absolute Gasteiger partial charge is 0.151 e. The van der Waals surface area contributed by atoms with Crippen molar-refractivity contribution in [1.29, 1.82) is 0 Å². The molecule has 0 aliphatic carbocycles. The lowest BCUT2D eigenvalue weighted by Gasteiger charge is -2.03. The molecule has 1 atom stereocenters. The van der Waals surface area contributed by atoms with Gasteiger partial charge < -0.3 is 5.73 Å². The van der Waals surface area contributed by atoms with Crippen molar-refractivity contribution in [1.82, 2.24) is 9.97 Å². The van der Waals surface area contributed by atoms with E-state index in [9.17, 15) is 0 Å². The van der Waals surface area contributed by atoms with Gasteiger partial charge in [-0.3, -0.25) is 0 Å². The molecule has 0 aliphatic heterocycles. The number of rotatable bonds is 3. The SMILES string of the molecule is CCC(C)Cc1nc2c(N)nc3ccccc3c2s1. The molecular weight excluding hydrogens is 254 g/mol. The van der Waals surface area contributed by atoms with E-state index in [4.69, 9.17) is 5.73 Å². The summed E-state index contributed by atoms with van der Waals surface area (Å²) in [4.78, 5) is 9.12. The van der Waals surface area contributed by atoms with E-state index < -0.39 is 0 Å². The Bertz CT molecular complexity index is 733. The normalized spacial score (nSPS) is 13.2. The molecular formula is C15H17N3S. The van der Waals surface area contributed by atoms with Gasteiger partial charge in [0.15, 0.2) is 5.82 Å². The molecule has 0 radical (unpaired) electrons. The summed E-state index contributed by atoms with van der Waals surface area (Å²) in [7, 11) is 0. The topological polar surface area (TPSA) is 51.8 Å². The van der Waals surface area contributed by atoms with Gasteiger partial charge in [0.25, 0.3) is 0 Å². The monoisotopic (exact) mass is 271 g/mol. The molecule has 1 unspecified atom stereocenters. The number of pyridine rings is 1. The molecule has 0 bridgehead atoms. The van der Waals surface area contributed by atoms with E-state index in [0.29, 0.717) is 11.7 Å². The third-order valence-electron chi connectivity index (χ3n) is 3.52. The first-order valence-electron chi connectivity index (χ1n) is 6.62. The lowest BCUT2D eigenvalue weighted by Crippen LogP contribution is -1.97. The van der Waals surface area contributed by atoms with Gasteiger partial charge in [0.05, 0.1) is 15.2 Å². The molecule has 1 aromatic carbocycles. The number of nitrogens with two attached hydrogens (primary N) is 1. The Morgan fingerprint density at radius 2 is 2.05 bits per heavy atom. The highest BCUT2D eigenvalue weighted by Gasteiger charge is 2.13. The van der Waals surface area contributed by atoms with E-state index in [1.165, 1.54) is 11.1 Å². The van der Waals surface area contributed by atoms with Crippen molar-refractivity contribution >= 4 is 38.3 Å². The van der Waals surface area contributed by atoms with Crippen LogP contribution in [-0.4, -0.2) is 9.97 Å². The number of anilines is 1. The van der Waals surface area contributed by atoms with Gasteiger partial charge >= 0.3 is 0 Å². The molecule has 2 N–H and O–H groups in total. The second kappa shape index (κ2) is 4.78. The Kier molecular flexibility index (Phi) is 3.11. The van der Waals surface area contributed by atoms with Gasteiger partial charge in [0.2, 0.25) is 0 Å². The highest BCUT2D eigenvalue weighted by molar-refractivity contribution is 7.19. The molecule has 2 heterocycles. The number of hydrogen-bond acceptors (Lipinski definition) is 4. The molecule has 3 aromatic rings. The summed E-state index contributed by atoms with van der Waals surface area (Å²) in [5.41, 5.74) is 7.85. The van der Waals surface area contributed by atoms with Gasteiger partial charge in [-0.15, -0.1) is 11.3 Å². The minimum atomic E-state index is 0.542. The van der Waals surface area contributed by atoms with E-state index in [2.05, 4.69) is 29.9 Å². The molecule has 0 spiro atoms. The van der Waals surface area contributed by atoms with Gasteiger partial charge in [-0.25, -0.2) is 9.97 Å². The molecule has 0 fully saturated rings. The molecule has 2 aromatic heterocycles. The lowest BCUT2D eigenvalue weighted by molar-refractivity contribution is 0.559. The second-order valence-corrected chi connectivity index (χ2v) is 6.10. The van der Waals surface area contributed by atoms with Gasteiger partial charge in [0, 0.05) is 11.8 Å². The maximum absolute atomic E-state index is 6.03. The lowest BCUT2D eigenvalue weighted by atomic mass is 10.1. The van der Waals surface area contributed by atoms with E-state index >= 15 is 0 Å². The molecule has 0 amide bonds. The van der Waals surface area contributed by atoms with E-state index in [1.54, 1.807) is 11.3 Å². The maximum atomic E-state index is 6.03. The van der Waals surface area contributed by atoms with Crippen LogP contribution >= 0.6 is 11.3 Å². The molecule has 3 nitrogen and oxygen atoms in total. The van der Waals surface area contributed by atoms with Crippen molar-refractivity contribution in [3.63, 3.8) is 0 Å². The summed E-state index contributed by atoms with van der Waals surface area (Å²) in [6, 6.07) is 8.12. The van der Waals surface area contributed by atoms with E-state index in [-0.39, 0.29) is 0 Å².